The average Bonchev–Trinajstić information content (AvgIpc) is 2.82. The minimum atomic E-state index is -3.81. The topological polar surface area (TPSA) is 106 Å². The van der Waals surface area contributed by atoms with Crippen LogP contribution >= 0.6 is 0 Å². The van der Waals surface area contributed by atoms with Crippen molar-refractivity contribution in [2.75, 3.05) is 52.3 Å². The number of carbonyl (C=O) groups is 1. The van der Waals surface area contributed by atoms with E-state index in [1.807, 2.05) is 6.07 Å². The van der Waals surface area contributed by atoms with Gasteiger partial charge in [0, 0.05) is 25.6 Å². The lowest BCUT2D eigenvalue weighted by atomic mass is 10.2. The third-order valence-corrected chi connectivity index (χ3v) is 6.49. The summed E-state index contributed by atoms with van der Waals surface area (Å²) in [5.41, 5.74) is 0.546. The van der Waals surface area contributed by atoms with Gasteiger partial charge in [-0.2, -0.15) is 0 Å². The molecule has 0 aliphatic rings. The van der Waals surface area contributed by atoms with Crippen molar-refractivity contribution >= 4 is 21.6 Å². The number of amides is 1. The Bertz CT molecular complexity index is 1010. The Morgan fingerprint density at radius 2 is 1.67 bits per heavy atom. The van der Waals surface area contributed by atoms with Crippen LogP contribution in [0.15, 0.2) is 47.4 Å². The molecule has 9 nitrogen and oxygen atoms in total. The van der Waals surface area contributed by atoms with E-state index in [0.29, 0.717) is 29.5 Å². The van der Waals surface area contributed by atoms with E-state index < -0.39 is 10.0 Å². The van der Waals surface area contributed by atoms with Gasteiger partial charge in [-0.15, -0.1) is 0 Å². The molecule has 0 heterocycles. The summed E-state index contributed by atoms with van der Waals surface area (Å²) in [6.45, 7) is 7.30. The maximum absolute atomic E-state index is 12.6. The third-order valence-electron chi connectivity index (χ3n) is 5.03. The molecule has 33 heavy (non-hydrogen) atoms. The van der Waals surface area contributed by atoms with Crippen molar-refractivity contribution < 1.29 is 27.4 Å². The number of hydrogen-bond acceptors (Lipinski definition) is 7. The highest BCUT2D eigenvalue weighted by atomic mass is 32.2. The first-order valence-corrected chi connectivity index (χ1v) is 12.3. The smallest absolute Gasteiger partial charge is 0.240 e. The second-order valence-corrected chi connectivity index (χ2v) is 8.85. The van der Waals surface area contributed by atoms with Crippen molar-refractivity contribution in [3.63, 3.8) is 0 Å². The molecule has 2 aromatic carbocycles. The van der Waals surface area contributed by atoms with Crippen LogP contribution in [0, 0.1) is 0 Å². The van der Waals surface area contributed by atoms with Crippen LogP contribution in [0.5, 0.6) is 17.2 Å². The zero-order chi connectivity index (χ0) is 24.3. The molecular weight excluding hydrogens is 446 g/mol. The van der Waals surface area contributed by atoms with Gasteiger partial charge in [0.05, 0.1) is 24.8 Å². The fraction of sp³-hybridized carbons (Fsp3) is 0.435. The zero-order valence-electron chi connectivity index (χ0n) is 19.6. The number of anilines is 1. The molecule has 2 aromatic rings. The fourth-order valence-corrected chi connectivity index (χ4v) is 4.15. The van der Waals surface area contributed by atoms with Crippen LogP contribution in [0.4, 0.5) is 5.69 Å². The number of hydrogen-bond donors (Lipinski definition) is 2. The SMILES string of the molecule is CCN(CC)CCOc1ccccc1NC(=O)CCNS(=O)(=O)c1ccc(OC)c(OC)c1. The summed E-state index contributed by atoms with van der Waals surface area (Å²) < 4.78 is 43.7. The van der Waals surface area contributed by atoms with E-state index in [9.17, 15) is 13.2 Å². The standard InChI is InChI=1S/C23H33N3O6S/c1-5-26(6-2)15-16-32-20-10-8-7-9-19(20)25-23(27)13-14-24-33(28,29)18-11-12-21(30-3)22(17-18)31-4/h7-12,17,24H,5-6,13-16H2,1-4H3,(H,25,27). The predicted molar refractivity (Wildman–Crippen MR) is 128 cm³/mol. The van der Waals surface area contributed by atoms with E-state index in [1.54, 1.807) is 18.2 Å². The molecule has 0 aliphatic heterocycles. The molecule has 0 aliphatic carbocycles. The molecular formula is C23H33N3O6S. The van der Waals surface area contributed by atoms with E-state index in [4.69, 9.17) is 14.2 Å². The number of benzene rings is 2. The van der Waals surface area contributed by atoms with Crippen LogP contribution in [0.1, 0.15) is 20.3 Å². The number of nitrogens with zero attached hydrogens (tertiary/aromatic N) is 1. The summed E-state index contributed by atoms with van der Waals surface area (Å²) in [5, 5.41) is 2.79. The summed E-state index contributed by atoms with van der Waals surface area (Å²) >= 11 is 0. The second-order valence-electron chi connectivity index (χ2n) is 7.08. The lowest BCUT2D eigenvalue weighted by molar-refractivity contribution is -0.116. The van der Waals surface area contributed by atoms with Gasteiger partial charge in [-0.1, -0.05) is 26.0 Å². The molecule has 2 rings (SSSR count). The second kappa shape index (κ2) is 13.0. The first-order chi connectivity index (χ1) is 15.8. The molecule has 182 valence electrons. The van der Waals surface area contributed by atoms with Crippen LogP contribution in [-0.4, -0.2) is 66.2 Å². The summed E-state index contributed by atoms with van der Waals surface area (Å²) in [4.78, 5) is 14.7. The van der Waals surface area contributed by atoms with Crippen molar-refractivity contribution in [2.45, 2.75) is 25.2 Å². The normalized spacial score (nSPS) is 11.3. The Hall–Kier alpha value is -2.82. The van der Waals surface area contributed by atoms with Crippen LogP contribution in [0.2, 0.25) is 0 Å². The van der Waals surface area contributed by atoms with Crippen molar-refractivity contribution in [2.24, 2.45) is 0 Å². The first-order valence-electron chi connectivity index (χ1n) is 10.8. The summed E-state index contributed by atoms with van der Waals surface area (Å²) in [5.74, 6) is 0.971. The Kier molecular flexibility index (Phi) is 10.4. The van der Waals surface area contributed by atoms with Crippen molar-refractivity contribution in [3.05, 3.63) is 42.5 Å². The quantitative estimate of drug-likeness (QED) is 0.429. The zero-order valence-corrected chi connectivity index (χ0v) is 20.4. The number of likely N-dealkylation sites (N-methyl/N-ethyl adjacent to an activating group) is 1. The maximum atomic E-state index is 12.6. The number of carbonyl (C=O) groups excluding carboxylic acids is 1. The largest absolute Gasteiger partial charge is 0.493 e. The van der Waals surface area contributed by atoms with Crippen LogP contribution < -0.4 is 24.2 Å². The van der Waals surface area contributed by atoms with Gasteiger partial charge in [-0.25, -0.2) is 13.1 Å². The minimum absolute atomic E-state index is 0.0208. The molecule has 0 aromatic heterocycles. The van der Waals surface area contributed by atoms with E-state index in [1.165, 1.54) is 32.4 Å². The van der Waals surface area contributed by atoms with Gasteiger partial charge in [0.25, 0.3) is 0 Å². The van der Waals surface area contributed by atoms with Gasteiger partial charge >= 0.3 is 0 Å². The Morgan fingerprint density at radius 1 is 0.970 bits per heavy atom. The molecule has 10 heteroatoms. The maximum Gasteiger partial charge on any atom is 0.240 e. The third kappa shape index (κ3) is 7.92. The highest BCUT2D eigenvalue weighted by molar-refractivity contribution is 7.89. The molecule has 0 saturated carbocycles. The highest BCUT2D eigenvalue weighted by Gasteiger charge is 2.17. The van der Waals surface area contributed by atoms with Crippen LogP contribution in [-0.2, 0) is 14.8 Å². The number of ether oxygens (including phenoxy) is 3. The van der Waals surface area contributed by atoms with Crippen LogP contribution in [0.3, 0.4) is 0 Å². The molecule has 0 saturated heterocycles. The van der Waals surface area contributed by atoms with Gasteiger partial charge in [0.1, 0.15) is 12.4 Å². The molecule has 0 fully saturated rings. The highest BCUT2D eigenvalue weighted by Crippen LogP contribution is 2.29. The molecule has 0 radical (unpaired) electrons. The molecule has 0 unspecified atom stereocenters. The molecule has 0 spiro atoms. The average molecular weight is 480 g/mol. The van der Waals surface area contributed by atoms with Gasteiger partial charge in [-0.05, 0) is 37.4 Å². The van der Waals surface area contributed by atoms with Crippen molar-refractivity contribution in [1.29, 1.82) is 0 Å². The van der Waals surface area contributed by atoms with Gasteiger partial charge in [0.15, 0.2) is 11.5 Å². The Morgan fingerprint density at radius 3 is 2.33 bits per heavy atom. The van der Waals surface area contributed by atoms with E-state index in [2.05, 4.69) is 28.8 Å². The monoisotopic (exact) mass is 479 g/mol. The van der Waals surface area contributed by atoms with Gasteiger partial charge < -0.3 is 24.4 Å². The van der Waals surface area contributed by atoms with E-state index in [-0.39, 0.29) is 23.8 Å². The predicted octanol–water partition coefficient (Wildman–Crippen LogP) is 2.73. The van der Waals surface area contributed by atoms with Crippen LogP contribution in [0.25, 0.3) is 0 Å². The molecule has 1 amide bonds. The van der Waals surface area contributed by atoms with E-state index in [0.717, 1.165) is 19.6 Å². The summed E-state index contributed by atoms with van der Waals surface area (Å²) in [6, 6.07) is 11.5. The molecule has 0 bridgehead atoms. The molecule has 0 atom stereocenters. The number of methoxy groups -OCH3 is 2. The summed E-state index contributed by atoms with van der Waals surface area (Å²) in [7, 11) is -0.918. The van der Waals surface area contributed by atoms with Crippen molar-refractivity contribution in [3.8, 4) is 17.2 Å². The molecule has 2 N–H and O–H groups in total. The minimum Gasteiger partial charge on any atom is -0.493 e. The summed E-state index contributed by atoms with van der Waals surface area (Å²) in [6.07, 6.45) is -0.0414. The Balaban J connectivity index is 1.90. The number of nitrogens with one attached hydrogen (secondary N) is 2. The fourth-order valence-electron chi connectivity index (χ4n) is 3.10. The van der Waals surface area contributed by atoms with E-state index >= 15 is 0 Å². The number of sulfonamides is 1. The lowest BCUT2D eigenvalue weighted by Gasteiger charge is -2.19. The Labute approximate surface area is 196 Å². The van der Waals surface area contributed by atoms with Gasteiger partial charge in [0.2, 0.25) is 15.9 Å². The number of rotatable bonds is 14. The first kappa shape index (κ1) is 26.4. The number of para-hydroxylation sites is 2. The van der Waals surface area contributed by atoms with Gasteiger partial charge in [-0.3, -0.25) is 4.79 Å². The lowest BCUT2D eigenvalue weighted by Crippen LogP contribution is -2.28. The van der Waals surface area contributed by atoms with Crippen molar-refractivity contribution in [1.82, 2.24) is 9.62 Å².